The molecule has 0 aromatic rings. The van der Waals surface area contributed by atoms with Crippen LogP contribution in [-0.4, -0.2) is 36.8 Å². The van der Waals surface area contributed by atoms with Gasteiger partial charge >= 0.3 is 11.9 Å². The molecule has 1 aliphatic heterocycles. The van der Waals surface area contributed by atoms with Gasteiger partial charge in [0.2, 0.25) is 1.43 Å². The van der Waals surface area contributed by atoms with E-state index in [9.17, 15) is 9.59 Å². The number of hydrogen-bond donors (Lipinski definition) is 1. The number of rotatable bonds is 7. The zero-order valence-electron chi connectivity index (χ0n) is 26.9. The van der Waals surface area contributed by atoms with Crippen molar-refractivity contribution in [2.75, 3.05) is 0 Å². The van der Waals surface area contributed by atoms with E-state index < -0.39 is 55.7 Å². The van der Waals surface area contributed by atoms with Crippen LogP contribution in [0.2, 0.25) is 0 Å². The van der Waals surface area contributed by atoms with Crippen LogP contribution in [0.5, 0.6) is 0 Å². The van der Waals surface area contributed by atoms with Gasteiger partial charge in [-0.25, -0.2) is 0 Å². The Labute approximate surface area is 193 Å². The number of carbonyl (C=O) groups excluding carboxylic acids is 2. The van der Waals surface area contributed by atoms with Crippen molar-refractivity contribution in [2.45, 2.75) is 91.3 Å². The smallest absolute Gasteiger partial charge is 0.311 e. The first-order valence-corrected chi connectivity index (χ1v) is 10.8. The number of cyclic esters (lactones) is 1. The molecule has 1 N–H and O–H groups in total. The number of hydrogen-bond acceptors (Lipinski definition) is 5. The van der Waals surface area contributed by atoms with Crippen LogP contribution in [0.15, 0.2) is 23.8 Å². The van der Waals surface area contributed by atoms with E-state index >= 15 is 0 Å². The van der Waals surface area contributed by atoms with Crippen molar-refractivity contribution in [2.24, 2.45) is 29.1 Å². The minimum atomic E-state index is -3.39. The van der Waals surface area contributed by atoms with Gasteiger partial charge in [0.25, 0.3) is 0 Å². The molecule has 1 fully saturated rings. The highest BCUT2D eigenvalue weighted by atomic mass is 16.6. The number of fused-ring (bicyclic) bond motifs is 1. The molecule has 3 aliphatic rings. The van der Waals surface area contributed by atoms with Gasteiger partial charge in [-0.1, -0.05) is 38.9 Å². The summed E-state index contributed by atoms with van der Waals surface area (Å²) >= 11 is 0. The first-order chi connectivity index (χ1) is 17.8. The molecule has 0 aromatic carbocycles. The summed E-state index contributed by atoms with van der Waals surface area (Å²) in [6, 6.07) is 0. The molecule has 0 amide bonds. The molecule has 5 nitrogen and oxygen atoms in total. The second kappa shape index (κ2) is 9.25. The second-order valence-corrected chi connectivity index (χ2v) is 9.23. The van der Waals surface area contributed by atoms with Gasteiger partial charge in [0.15, 0.2) is 0 Å². The lowest BCUT2D eigenvalue weighted by Crippen LogP contribution is -2.43. The van der Waals surface area contributed by atoms with Crippen molar-refractivity contribution < 1.29 is 35.1 Å². The van der Waals surface area contributed by atoms with Crippen molar-refractivity contribution in [3.8, 4) is 0 Å². The molecule has 2 aliphatic carbocycles. The maximum atomic E-state index is 13.6. The summed E-state index contributed by atoms with van der Waals surface area (Å²) in [5, 5.41) is 4.63. The van der Waals surface area contributed by atoms with E-state index in [1.807, 2.05) is 26.0 Å². The SMILES string of the molecule is [2H]O[C@H]1CC(=O)OC(CC[C@@H]2[C@@H]3C(=C[C@H](C)C[C@@H]3OC(=O)C(C)(C([2H])([2H])[2H])C([2H])([2H])C([2H])([2H])[2H])C=C[C@@H]2C)C1. The predicted octanol–water partition coefficient (Wildman–Crippen LogP) is 4.59. The van der Waals surface area contributed by atoms with E-state index in [1.165, 1.54) is 0 Å². The average Bonchev–Trinajstić information content (AvgIpc) is 2.80. The van der Waals surface area contributed by atoms with Crippen molar-refractivity contribution in [1.82, 2.24) is 0 Å². The monoisotopic (exact) mass is 427 g/mol. The van der Waals surface area contributed by atoms with E-state index in [2.05, 4.69) is 11.2 Å². The van der Waals surface area contributed by atoms with Gasteiger partial charge in [0.1, 0.15) is 12.2 Å². The normalized spacial score (nSPS) is 43.8. The third kappa shape index (κ3) is 5.16. The van der Waals surface area contributed by atoms with Crippen LogP contribution in [0.3, 0.4) is 0 Å². The van der Waals surface area contributed by atoms with Gasteiger partial charge in [0.05, 0.1) is 17.9 Å². The van der Waals surface area contributed by atoms with E-state index in [0.717, 1.165) is 12.5 Å². The number of aliphatic hydroxyl groups excluding tert-OH is 1. The maximum absolute atomic E-state index is 13.6. The molecule has 3 rings (SSSR count). The summed E-state index contributed by atoms with van der Waals surface area (Å²) in [6.07, 6.45) is 2.76. The summed E-state index contributed by atoms with van der Waals surface area (Å²) in [5.41, 5.74) is -2.03. The fourth-order valence-electron chi connectivity index (χ4n) is 4.93. The summed E-state index contributed by atoms with van der Waals surface area (Å²) in [4.78, 5) is 25.5. The minimum absolute atomic E-state index is 0.0274. The van der Waals surface area contributed by atoms with Crippen LogP contribution >= 0.6 is 0 Å². The van der Waals surface area contributed by atoms with Crippen LogP contribution in [0, 0.1) is 29.1 Å². The fourth-order valence-corrected chi connectivity index (χ4v) is 4.93. The highest BCUT2D eigenvalue weighted by Crippen LogP contribution is 2.45. The van der Waals surface area contributed by atoms with E-state index in [4.69, 9.17) is 21.9 Å². The van der Waals surface area contributed by atoms with Gasteiger partial charge in [-0.2, -0.15) is 0 Å². The van der Waals surface area contributed by atoms with Crippen molar-refractivity contribution in [3.05, 3.63) is 23.8 Å². The molecule has 1 saturated heterocycles. The number of esters is 2. The lowest BCUT2D eigenvalue weighted by molar-refractivity contribution is -0.166. The Morgan fingerprint density at radius 2 is 2.27 bits per heavy atom. The second-order valence-electron chi connectivity index (χ2n) is 9.23. The largest absolute Gasteiger partial charge is 0.462 e. The van der Waals surface area contributed by atoms with Gasteiger partial charge in [0, 0.05) is 23.3 Å². The predicted molar refractivity (Wildman–Crippen MR) is 115 cm³/mol. The Balaban J connectivity index is 1.90. The molecule has 0 bridgehead atoms. The number of allylic oxidation sites excluding steroid dienone is 3. The van der Waals surface area contributed by atoms with Crippen LogP contribution < -0.4 is 0 Å². The zero-order valence-corrected chi connectivity index (χ0v) is 17.9. The van der Waals surface area contributed by atoms with Crippen LogP contribution in [-0.2, 0) is 19.1 Å². The topological polar surface area (TPSA) is 72.8 Å². The molecular weight excluding hydrogens is 380 g/mol. The third-order valence-corrected chi connectivity index (χ3v) is 6.55. The first kappa shape index (κ1) is 13.7. The van der Waals surface area contributed by atoms with Gasteiger partial charge in [-0.05, 0) is 62.7 Å². The molecular formula is C25H38O5. The number of ether oxygens (including phenoxy) is 2. The molecule has 0 aromatic heterocycles. The van der Waals surface area contributed by atoms with Gasteiger partial charge in [-0.15, -0.1) is 0 Å². The molecule has 0 saturated carbocycles. The van der Waals surface area contributed by atoms with Crippen molar-refractivity contribution in [3.63, 3.8) is 0 Å². The Morgan fingerprint density at radius 3 is 3.00 bits per heavy atom. The quantitative estimate of drug-likeness (QED) is 0.602. The van der Waals surface area contributed by atoms with Gasteiger partial charge in [-0.3, -0.25) is 9.59 Å². The summed E-state index contributed by atoms with van der Waals surface area (Å²) < 4.78 is 81.6. The molecule has 5 heteroatoms. The summed E-state index contributed by atoms with van der Waals surface area (Å²) in [5.74, 6) is -2.24. The maximum Gasteiger partial charge on any atom is 0.311 e. The minimum Gasteiger partial charge on any atom is -0.462 e. The lowest BCUT2D eigenvalue weighted by atomic mass is 9.65. The van der Waals surface area contributed by atoms with Crippen molar-refractivity contribution >= 4 is 11.9 Å². The first-order valence-electron chi connectivity index (χ1n) is 15.2. The molecule has 1 heterocycles. The highest BCUT2D eigenvalue weighted by molar-refractivity contribution is 5.76. The van der Waals surface area contributed by atoms with E-state index in [-0.39, 0.29) is 30.1 Å². The Bertz CT molecular complexity index is 989. The average molecular weight is 428 g/mol. The molecule has 0 radical (unpaired) electrons. The third-order valence-electron chi connectivity index (χ3n) is 6.55. The van der Waals surface area contributed by atoms with E-state index in [0.29, 0.717) is 25.7 Å². The summed E-state index contributed by atoms with van der Waals surface area (Å²) in [6.45, 7) is -1.93. The van der Waals surface area contributed by atoms with Crippen LogP contribution in [0.1, 0.15) is 83.9 Å². The van der Waals surface area contributed by atoms with Crippen LogP contribution in [0.4, 0.5) is 0 Å². The number of carbonyl (C=O) groups is 2. The molecule has 30 heavy (non-hydrogen) atoms. The standard InChI is InChI=1S/C25H38O5/c1-6-25(4,5)24(28)30-21-12-15(2)11-17-8-7-16(3)20(23(17)21)10-9-19-13-18(26)14-22(27)29-19/h7-8,11,15-16,18-21,23,26H,6,9-10,12-14H2,1-5H3/t15-,16-,18+,19?,20-,21-,23-/m0/s1/i1D3,4D3,6D2,26D/t15-,16-,18+,19?,20-,21-,23-,25?. The Kier molecular flexibility index (Phi) is 4.23. The molecule has 168 valence electrons. The number of aliphatic hydroxyl groups is 1. The fraction of sp³-hybridized carbons (Fsp3) is 0.760. The molecule has 0 spiro atoms. The van der Waals surface area contributed by atoms with Gasteiger partial charge < -0.3 is 14.6 Å². The Hall–Kier alpha value is -1.62. The zero-order chi connectivity index (χ0) is 29.6. The molecule has 2 unspecified atom stereocenters. The summed E-state index contributed by atoms with van der Waals surface area (Å²) in [7, 11) is 0. The van der Waals surface area contributed by atoms with Crippen molar-refractivity contribution in [1.29, 1.82) is 1.43 Å². The Morgan fingerprint density at radius 1 is 1.43 bits per heavy atom. The molecule has 8 atom stereocenters. The highest BCUT2D eigenvalue weighted by Gasteiger charge is 2.43. The van der Waals surface area contributed by atoms with E-state index in [1.54, 1.807) is 0 Å². The van der Waals surface area contributed by atoms with Crippen LogP contribution in [0.25, 0.3) is 0 Å². The lowest BCUT2D eigenvalue weighted by Gasteiger charge is -2.44.